The largest absolute Gasteiger partial charge is 0.300 e. The Morgan fingerprint density at radius 3 is 2.56 bits per heavy atom. The van der Waals surface area contributed by atoms with Gasteiger partial charge in [0.2, 0.25) is 10.0 Å². The highest BCUT2D eigenvalue weighted by Gasteiger charge is 2.32. The molecule has 1 aliphatic rings. The molecule has 0 aromatic rings. The first-order valence-electron chi connectivity index (χ1n) is 6.82. The maximum atomic E-state index is 12.3. The van der Waals surface area contributed by atoms with Crippen LogP contribution in [0.3, 0.4) is 0 Å². The summed E-state index contributed by atoms with van der Waals surface area (Å²) in [6.07, 6.45) is 3.80. The Labute approximate surface area is 111 Å². The quantitative estimate of drug-likeness (QED) is 0.746. The van der Waals surface area contributed by atoms with Gasteiger partial charge in [-0.25, -0.2) is 8.42 Å². The van der Waals surface area contributed by atoms with Gasteiger partial charge in [-0.05, 0) is 32.1 Å². The van der Waals surface area contributed by atoms with E-state index in [1.807, 2.05) is 13.8 Å². The normalized spacial score (nSPS) is 22.3. The monoisotopic (exact) mass is 275 g/mol. The fraction of sp³-hybridized carbons (Fsp3) is 0.923. The molecule has 0 radical (unpaired) electrons. The number of Topliss-reactive ketones (excluding diaryl/α,β-unsaturated/α-hetero) is 1. The van der Waals surface area contributed by atoms with Gasteiger partial charge in [-0.2, -0.15) is 4.31 Å². The Kier molecular flexibility index (Phi) is 5.79. The number of ketones is 1. The van der Waals surface area contributed by atoms with Crippen LogP contribution in [-0.2, 0) is 14.8 Å². The smallest absolute Gasteiger partial charge is 0.214 e. The van der Waals surface area contributed by atoms with Crippen molar-refractivity contribution in [2.75, 3.05) is 12.3 Å². The second kappa shape index (κ2) is 6.66. The molecule has 5 heteroatoms. The molecule has 0 bridgehead atoms. The van der Waals surface area contributed by atoms with Crippen LogP contribution in [0.1, 0.15) is 52.9 Å². The minimum atomic E-state index is -3.19. The first kappa shape index (κ1) is 15.6. The number of rotatable bonds is 6. The van der Waals surface area contributed by atoms with Crippen LogP contribution in [0.5, 0.6) is 0 Å². The molecule has 4 nitrogen and oxygen atoms in total. The molecule has 1 aliphatic heterocycles. The van der Waals surface area contributed by atoms with Gasteiger partial charge in [0.05, 0.1) is 5.75 Å². The molecule has 0 aromatic carbocycles. The van der Waals surface area contributed by atoms with Crippen LogP contribution in [0, 0.1) is 5.92 Å². The standard InChI is InChI=1S/C13H25NO3S/c1-11(2)7-9-18(16,17)14-8-5-4-6-13(14)10-12(3)15/h11,13H,4-10H2,1-3H3. The molecular weight excluding hydrogens is 250 g/mol. The van der Waals surface area contributed by atoms with Crippen molar-refractivity contribution in [2.24, 2.45) is 5.92 Å². The number of hydrogen-bond acceptors (Lipinski definition) is 3. The fourth-order valence-electron chi connectivity index (χ4n) is 2.38. The van der Waals surface area contributed by atoms with E-state index in [1.54, 1.807) is 4.31 Å². The van der Waals surface area contributed by atoms with E-state index in [-0.39, 0.29) is 17.6 Å². The van der Waals surface area contributed by atoms with Crippen LogP contribution in [-0.4, -0.2) is 36.8 Å². The molecule has 0 saturated carbocycles. The van der Waals surface area contributed by atoms with Crippen LogP contribution in [0.25, 0.3) is 0 Å². The van der Waals surface area contributed by atoms with Crippen molar-refractivity contribution in [2.45, 2.75) is 58.9 Å². The van der Waals surface area contributed by atoms with Crippen molar-refractivity contribution in [3.63, 3.8) is 0 Å². The maximum Gasteiger partial charge on any atom is 0.214 e. The molecule has 0 aliphatic carbocycles. The number of carbonyl (C=O) groups excluding carboxylic acids is 1. The van der Waals surface area contributed by atoms with E-state index in [4.69, 9.17) is 0 Å². The summed E-state index contributed by atoms with van der Waals surface area (Å²) < 4.78 is 26.2. The molecule has 1 rings (SSSR count). The fourth-order valence-corrected chi connectivity index (χ4v) is 4.42. The third-order valence-corrected chi connectivity index (χ3v) is 5.35. The first-order valence-corrected chi connectivity index (χ1v) is 8.43. The molecule has 1 fully saturated rings. The van der Waals surface area contributed by atoms with Crippen LogP contribution in [0.15, 0.2) is 0 Å². The summed E-state index contributed by atoms with van der Waals surface area (Å²) >= 11 is 0. The lowest BCUT2D eigenvalue weighted by atomic mass is 10.0. The molecule has 1 unspecified atom stereocenters. The highest BCUT2D eigenvalue weighted by Crippen LogP contribution is 2.24. The van der Waals surface area contributed by atoms with E-state index < -0.39 is 10.0 Å². The van der Waals surface area contributed by atoms with Gasteiger partial charge < -0.3 is 0 Å². The van der Waals surface area contributed by atoms with Crippen LogP contribution in [0.4, 0.5) is 0 Å². The van der Waals surface area contributed by atoms with E-state index in [0.717, 1.165) is 19.3 Å². The Hall–Kier alpha value is -0.420. The van der Waals surface area contributed by atoms with Crippen LogP contribution < -0.4 is 0 Å². The second-order valence-electron chi connectivity index (χ2n) is 5.66. The van der Waals surface area contributed by atoms with Crippen molar-refractivity contribution in [3.8, 4) is 0 Å². The summed E-state index contributed by atoms with van der Waals surface area (Å²) in [6.45, 7) is 6.17. The van der Waals surface area contributed by atoms with Crippen molar-refractivity contribution in [1.82, 2.24) is 4.31 Å². The summed E-state index contributed by atoms with van der Waals surface area (Å²) in [7, 11) is -3.19. The third kappa shape index (κ3) is 4.69. The zero-order chi connectivity index (χ0) is 13.8. The molecule has 0 spiro atoms. The average Bonchev–Trinajstić information content (AvgIpc) is 2.26. The third-order valence-electron chi connectivity index (χ3n) is 3.41. The van der Waals surface area contributed by atoms with Gasteiger partial charge >= 0.3 is 0 Å². The van der Waals surface area contributed by atoms with E-state index in [1.165, 1.54) is 6.92 Å². The van der Waals surface area contributed by atoms with Gasteiger partial charge in [0, 0.05) is 19.0 Å². The van der Waals surface area contributed by atoms with E-state index in [2.05, 4.69) is 0 Å². The SMILES string of the molecule is CC(=O)CC1CCCCN1S(=O)(=O)CCC(C)C. The van der Waals surface area contributed by atoms with Crippen molar-refractivity contribution in [3.05, 3.63) is 0 Å². The summed E-state index contributed by atoms with van der Waals surface area (Å²) in [5, 5.41) is 0. The Bertz CT molecular complexity index is 376. The topological polar surface area (TPSA) is 54.5 Å². The van der Waals surface area contributed by atoms with Gasteiger partial charge in [-0.1, -0.05) is 20.3 Å². The second-order valence-corrected chi connectivity index (χ2v) is 7.71. The van der Waals surface area contributed by atoms with Crippen LogP contribution >= 0.6 is 0 Å². The number of sulfonamides is 1. The Morgan fingerprint density at radius 1 is 1.33 bits per heavy atom. The van der Waals surface area contributed by atoms with Gasteiger partial charge in [-0.15, -0.1) is 0 Å². The number of carbonyl (C=O) groups is 1. The number of nitrogens with zero attached hydrogens (tertiary/aromatic N) is 1. The Morgan fingerprint density at radius 2 is 2.00 bits per heavy atom. The van der Waals surface area contributed by atoms with Crippen LogP contribution in [0.2, 0.25) is 0 Å². The maximum absolute atomic E-state index is 12.3. The molecule has 18 heavy (non-hydrogen) atoms. The predicted octanol–water partition coefficient (Wildman–Crippen LogP) is 2.20. The minimum absolute atomic E-state index is 0.0750. The van der Waals surface area contributed by atoms with E-state index in [9.17, 15) is 13.2 Å². The molecule has 106 valence electrons. The first-order chi connectivity index (χ1) is 8.33. The van der Waals surface area contributed by atoms with E-state index in [0.29, 0.717) is 25.3 Å². The summed E-state index contributed by atoms with van der Waals surface area (Å²) in [4.78, 5) is 11.2. The lowest BCUT2D eigenvalue weighted by molar-refractivity contribution is -0.118. The molecule has 0 amide bonds. The molecule has 0 aromatic heterocycles. The van der Waals surface area contributed by atoms with Gasteiger partial charge in [-0.3, -0.25) is 4.79 Å². The summed E-state index contributed by atoms with van der Waals surface area (Å²) in [5.41, 5.74) is 0. The van der Waals surface area contributed by atoms with Crippen molar-refractivity contribution < 1.29 is 13.2 Å². The van der Waals surface area contributed by atoms with E-state index >= 15 is 0 Å². The average molecular weight is 275 g/mol. The zero-order valence-corrected chi connectivity index (χ0v) is 12.5. The van der Waals surface area contributed by atoms with Crippen molar-refractivity contribution >= 4 is 15.8 Å². The number of piperidine rings is 1. The Balaban J connectivity index is 2.72. The number of hydrogen-bond donors (Lipinski definition) is 0. The lowest BCUT2D eigenvalue weighted by Gasteiger charge is -2.34. The predicted molar refractivity (Wildman–Crippen MR) is 72.9 cm³/mol. The highest BCUT2D eigenvalue weighted by molar-refractivity contribution is 7.89. The molecule has 1 saturated heterocycles. The molecule has 0 N–H and O–H groups in total. The summed E-state index contributed by atoms with van der Waals surface area (Å²) in [6, 6.07) is -0.103. The van der Waals surface area contributed by atoms with Gasteiger partial charge in [0.25, 0.3) is 0 Å². The lowest BCUT2D eigenvalue weighted by Crippen LogP contribution is -2.45. The summed E-state index contributed by atoms with van der Waals surface area (Å²) in [5.74, 6) is 0.667. The van der Waals surface area contributed by atoms with Gasteiger partial charge in [0.1, 0.15) is 5.78 Å². The molecule has 1 heterocycles. The zero-order valence-electron chi connectivity index (χ0n) is 11.7. The molecular formula is C13H25NO3S. The highest BCUT2D eigenvalue weighted by atomic mass is 32.2. The van der Waals surface area contributed by atoms with Crippen molar-refractivity contribution in [1.29, 1.82) is 0 Å². The minimum Gasteiger partial charge on any atom is -0.300 e. The molecule has 1 atom stereocenters. The van der Waals surface area contributed by atoms with Gasteiger partial charge in [0.15, 0.2) is 0 Å².